The molecule has 0 spiro atoms. The van der Waals surface area contributed by atoms with Gasteiger partial charge in [0, 0.05) is 5.02 Å². The zero-order valence-electron chi connectivity index (χ0n) is 18.0. The van der Waals surface area contributed by atoms with E-state index in [0.717, 1.165) is 16.6 Å². The minimum atomic E-state index is -0.280. The molecule has 3 aromatic carbocycles. The van der Waals surface area contributed by atoms with Crippen molar-refractivity contribution in [2.45, 2.75) is 11.8 Å². The lowest BCUT2D eigenvalue weighted by Gasteiger charge is -2.13. The van der Waals surface area contributed by atoms with Crippen molar-refractivity contribution in [1.29, 1.82) is 0 Å². The monoisotopic (exact) mass is 559 g/mol. The van der Waals surface area contributed by atoms with E-state index in [1.165, 1.54) is 18.0 Å². The van der Waals surface area contributed by atoms with Gasteiger partial charge in [-0.1, -0.05) is 47.6 Å². The fourth-order valence-electron chi connectivity index (χ4n) is 2.94. The summed E-state index contributed by atoms with van der Waals surface area (Å²) in [5.74, 6) is 0.933. The molecule has 0 aliphatic carbocycles. The molecule has 10 heteroatoms. The molecule has 0 bridgehead atoms. The molecule has 0 fully saturated rings. The number of aromatic nitrogens is 1. The molecule has 4 rings (SSSR count). The van der Waals surface area contributed by atoms with Crippen molar-refractivity contribution in [1.82, 2.24) is 10.4 Å². The van der Waals surface area contributed by atoms with Gasteiger partial charge in [-0.15, -0.1) is 0 Å². The lowest BCUT2D eigenvalue weighted by Crippen LogP contribution is -2.19. The number of amides is 1. The number of para-hydroxylation sites is 2. The molecule has 174 valence electrons. The molecular weight excluding hydrogens is 542 g/mol. The van der Waals surface area contributed by atoms with Crippen LogP contribution < -0.4 is 14.9 Å². The summed E-state index contributed by atoms with van der Waals surface area (Å²) in [6.45, 7) is 0.355. The molecular formula is C24H19BrClN3O4S. The Morgan fingerprint density at radius 1 is 1.24 bits per heavy atom. The molecule has 0 aliphatic rings. The van der Waals surface area contributed by atoms with E-state index in [2.05, 4.69) is 31.4 Å². The van der Waals surface area contributed by atoms with Gasteiger partial charge in [0.15, 0.2) is 17.1 Å². The molecule has 1 heterocycles. The Labute approximate surface area is 213 Å². The Hall–Kier alpha value is -3.01. The highest BCUT2D eigenvalue weighted by atomic mass is 79.9. The van der Waals surface area contributed by atoms with E-state index >= 15 is 0 Å². The number of hydrogen-bond donors (Lipinski definition) is 1. The summed E-state index contributed by atoms with van der Waals surface area (Å²) >= 11 is 10.6. The maximum atomic E-state index is 12.1. The molecule has 0 radical (unpaired) electrons. The molecule has 0 saturated heterocycles. The summed E-state index contributed by atoms with van der Waals surface area (Å²) in [7, 11) is 1.56. The van der Waals surface area contributed by atoms with Crippen molar-refractivity contribution in [2.75, 3.05) is 12.9 Å². The average molecular weight is 561 g/mol. The molecule has 4 aromatic rings. The highest BCUT2D eigenvalue weighted by Crippen LogP contribution is 2.37. The van der Waals surface area contributed by atoms with Crippen LogP contribution in [0, 0.1) is 0 Å². The van der Waals surface area contributed by atoms with Crippen LogP contribution in [-0.2, 0) is 11.4 Å². The number of methoxy groups -OCH3 is 1. The Balaban J connectivity index is 1.33. The van der Waals surface area contributed by atoms with Gasteiger partial charge in [0.2, 0.25) is 0 Å². The highest BCUT2D eigenvalue weighted by molar-refractivity contribution is 9.10. The number of benzene rings is 3. The summed E-state index contributed by atoms with van der Waals surface area (Å²) in [5, 5.41) is 5.13. The number of oxazole rings is 1. The van der Waals surface area contributed by atoms with Gasteiger partial charge in [-0.2, -0.15) is 5.10 Å². The Morgan fingerprint density at radius 2 is 2.03 bits per heavy atom. The molecule has 0 aliphatic heterocycles. The van der Waals surface area contributed by atoms with Crippen molar-refractivity contribution >= 4 is 62.5 Å². The first-order valence-electron chi connectivity index (χ1n) is 10.1. The van der Waals surface area contributed by atoms with Crippen LogP contribution in [0.3, 0.4) is 0 Å². The van der Waals surface area contributed by atoms with E-state index in [9.17, 15) is 4.79 Å². The third-order valence-electron chi connectivity index (χ3n) is 4.55. The Bertz CT molecular complexity index is 1290. The number of hydrogen-bond acceptors (Lipinski definition) is 7. The number of nitrogens with one attached hydrogen (secondary N) is 1. The van der Waals surface area contributed by atoms with E-state index in [1.54, 1.807) is 13.2 Å². The first-order valence-corrected chi connectivity index (χ1v) is 12.2. The Morgan fingerprint density at radius 3 is 2.79 bits per heavy atom. The highest BCUT2D eigenvalue weighted by Gasteiger charge is 2.12. The maximum Gasteiger partial charge on any atom is 0.257 e. The predicted molar refractivity (Wildman–Crippen MR) is 137 cm³/mol. The molecule has 0 unspecified atom stereocenters. The summed E-state index contributed by atoms with van der Waals surface area (Å²) in [6.07, 6.45) is 1.53. The number of halogens is 2. The van der Waals surface area contributed by atoms with Gasteiger partial charge in [-0.05, 0) is 63.5 Å². The van der Waals surface area contributed by atoms with Crippen molar-refractivity contribution in [3.8, 4) is 11.5 Å². The van der Waals surface area contributed by atoms with E-state index in [4.69, 9.17) is 25.5 Å². The van der Waals surface area contributed by atoms with Crippen LogP contribution in [0.4, 0.5) is 0 Å². The molecule has 1 aromatic heterocycles. The fraction of sp³-hybridized carbons (Fsp3) is 0.125. The fourth-order valence-corrected chi connectivity index (χ4v) is 4.27. The topological polar surface area (TPSA) is 86.0 Å². The minimum Gasteiger partial charge on any atom is -0.493 e. The smallest absolute Gasteiger partial charge is 0.257 e. The van der Waals surface area contributed by atoms with Crippen LogP contribution in [-0.4, -0.2) is 30.0 Å². The van der Waals surface area contributed by atoms with Crippen molar-refractivity contribution < 1.29 is 18.7 Å². The number of ether oxygens (including phenoxy) is 2. The maximum absolute atomic E-state index is 12.1. The number of carbonyl (C=O) groups is 1. The zero-order chi connectivity index (χ0) is 23.9. The lowest BCUT2D eigenvalue weighted by molar-refractivity contribution is -0.118. The van der Waals surface area contributed by atoms with Gasteiger partial charge < -0.3 is 13.9 Å². The number of nitrogens with zero attached hydrogens (tertiary/aromatic N) is 2. The molecule has 0 saturated carbocycles. The van der Waals surface area contributed by atoms with E-state index in [-0.39, 0.29) is 11.7 Å². The van der Waals surface area contributed by atoms with Crippen LogP contribution >= 0.6 is 39.3 Å². The van der Waals surface area contributed by atoms with E-state index in [1.807, 2.05) is 54.6 Å². The van der Waals surface area contributed by atoms with Gasteiger partial charge in [0.1, 0.15) is 12.1 Å². The number of fused-ring (bicyclic) bond motifs is 1. The second kappa shape index (κ2) is 11.4. The summed E-state index contributed by atoms with van der Waals surface area (Å²) < 4.78 is 17.7. The zero-order valence-corrected chi connectivity index (χ0v) is 21.1. The third-order valence-corrected chi connectivity index (χ3v) is 6.22. The van der Waals surface area contributed by atoms with Gasteiger partial charge >= 0.3 is 0 Å². The number of carbonyl (C=O) groups excluding carboxylic acids is 1. The SMILES string of the molecule is COc1cc(/C=N\NC(=O)CSc2nc3ccccc3o2)cc(Br)c1OCc1ccc(Cl)cc1. The Kier molecular flexibility index (Phi) is 8.10. The van der Waals surface area contributed by atoms with Gasteiger partial charge in [0.05, 0.1) is 23.5 Å². The summed E-state index contributed by atoms with van der Waals surface area (Å²) in [5.41, 5.74) is 5.63. The normalized spacial score (nSPS) is 11.1. The lowest BCUT2D eigenvalue weighted by atomic mass is 10.2. The first kappa shape index (κ1) is 24.1. The largest absolute Gasteiger partial charge is 0.493 e. The molecule has 34 heavy (non-hydrogen) atoms. The van der Waals surface area contributed by atoms with E-state index < -0.39 is 0 Å². The first-order chi connectivity index (χ1) is 16.5. The summed E-state index contributed by atoms with van der Waals surface area (Å²) in [6, 6.07) is 18.4. The van der Waals surface area contributed by atoms with Crippen LogP contribution in [0.2, 0.25) is 5.02 Å². The standard InChI is InChI=1S/C24H19BrClN3O4S/c1-31-21-11-16(10-18(25)23(21)32-13-15-6-8-17(26)9-7-15)12-27-29-22(30)14-34-24-28-19-4-2-3-5-20(19)33-24/h2-12H,13-14H2,1H3,(H,29,30)/b27-12-. The van der Waals surface area contributed by atoms with Crippen molar-refractivity contribution in [3.05, 3.63) is 81.3 Å². The van der Waals surface area contributed by atoms with Gasteiger partial charge in [-0.25, -0.2) is 10.4 Å². The minimum absolute atomic E-state index is 0.120. The number of rotatable bonds is 9. The molecule has 7 nitrogen and oxygen atoms in total. The predicted octanol–water partition coefficient (Wildman–Crippen LogP) is 6.07. The number of thioether (sulfide) groups is 1. The number of hydrazone groups is 1. The van der Waals surface area contributed by atoms with E-state index in [0.29, 0.717) is 38.4 Å². The van der Waals surface area contributed by atoms with Gasteiger partial charge in [0.25, 0.3) is 11.1 Å². The summed E-state index contributed by atoms with van der Waals surface area (Å²) in [4.78, 5) is 16.5. The van der Waals surface area contributed by atoms with Gasteiger partial charge in [-0.3, -0.25) is 4.79 Å². The van der Waals surface area contributed by atoms with Crippen molar-refractivity contribution in [3.63, 3.8) is 0 Å². The third kappa shape index (κ3) is 6.31. The van der Waals surface area contributed by atoms with Crippen LogP contribution in [0.1, 0.15) is 11.1 Å². The quantitative estimate of drug-likeness (QED) is 0.152. The molecule has 1 N–H and O–H groups in total. The molecule has 0 atom stereocenters. The second-order valence-corrected chi connectivity index (χ2v) is 9.20. The van der Waals surface area contributed by atoms with Crippen molar-refractivity contribution in [2.24, 2.45) is 5.10 Å². The second-order valence-electron chi connectivity index (χ2n) is 6.98. The average Bonchev–Trinajstić information content (AvgIpc) is 3.26. The molecule has 1 amide bonds. The van der Waals surface area contributed by atoms with Crippen LogP contribution in [0.25, 0.3) is 11.1 Å². The van der Waals surface area contributed by atoms with Crippen LogP contribution in [0.5, 0.6) is 11.5 Å². The van der Waals surface area contributed by atoms with Crippen LogP contribution in [0.15, 0.2) is 79.9 Å².